The second-order valence-electron chi connectivity index (χ2n) is 6.47. The minimum atomic E-state index is -3.97. The molecule has 0 radical (unpaired) electrons. The summed E-state index contributed by atoms with van der Waals surface area (Å²) in [6, 6.07) is 14.8. The molecule has 0 spiro atoms. The third-order valence-electron chi connectivity index (χ3n) is 4.22. The molecule has 0 aliphatic carbocycles. The highest BCUT2D eigenvalue weighted by atomic mass is 32.2. The average Bonchev–Trinajstić information content (AvgIpc) is 3.17. The van der Waals surface area contributed by atoms with Crippen LogP contribution in [-0.4, -0.2) is 28.5 Å². The highest BCUT2D eigenvalue weighted by Crippen LogP contribution is 2.29. The number of carbonyl (C=O) groups excluding carboxylic acids is 1. The number of hydrogen-bond acceptors (Lipinski definition) is 6. The zero-order chi connectivity index (χ0) is 22.4. The number of carbonyl (C=O) groups is 1. The number of anilines is 2. The second-order valence-corrected chi connectivity index (χ2v) is 9.44. The van der Waals surface area contributed by atoms with Crippen LogP contribution in [0.1, 0.15) is 9.75 Å². The van der Waals surface area contributed by atoms with Crippen molar-refractivity contribution in [3.05, 3.63) is 70.4 Å². The minimum Gasteiger partial charge on any atom is -0.497 e. The molecule has 1 heterocycles. The number of thiophene rings is 1. The maximum atomic E-state index is 12.9. The van der Waals surface area contributed by atoms with Crippen LogP contribution in [-0.2, 0) is 14.8 Å². The van der Waals surface area contributed by atoms with Crippen molar-refractivity contribution in [3.8, 4) is 11.5 Å². The SMILES string of the molecule is COc1ccc(NS(=O)(=O)c2cc(NC(=O)/C=C/c3ccc(C)s3)ccc2OC)cc1. The molecule has 3 aromatic rings. The molecule has 0 aliphatic rings. The van der Waals surface area contributed by atoms with E-state index in [2.05, 4.69) is 10.0 Å². The molecule has 2 aromatic carbocycles. The summed E-state index contributed by atoms with van der Waals surface area (Å²) in [6.07, 6.45) is 3.11. The number of amides is 1. The first-order chi connectivity index (χ1) is 14.8. The molecular weight excluding hydrogens is 436 g/mol. The molecular formula is C22H22N2O5S2. The maximum Gasteiger partial charge on any atom is 0.265 e. The number of rotatable bonds is 8. The van der Waals surface area contributed by atoms with Crippen LogP contribution in [0.15, 0.2) is 65.6 Å². The van der Waals surface area contributed by atoms with Gasteiger partial charge in [-0.25, -0.2) is 8.42 Å². The largest absolute Gasteiger partial charge is 0.497 e. The summed E-state index contributed by atoms with van der Waals surface area (Å²) in [4.78, 5) is 14.3. The summed E-state index contributed by atoms with van der Waals surface area (Å²) in [5.41, 5.74) is 0.694. The number of nitrogens with one attached hydrogen (secondary N) is 2. The van der Waals surface area contributed by atoms with Crippen LogP contribution in [0.3, 0.4) is 0 Å². The van der Waals surface area contributed by atoms with Gasteiger partial charge in [0, 0.05) is 27.2 Å². The first-order valence-electron chi connectivity index (χ1n) is 9.21. The van der Waals surface area contributed by atoms with Gasteiger partial charge in [0.05, 0.1) is 14.2 Å². The Labute approximate surface area is 185 Å². The average molecular weight is 459 g/mol. The van der Waals surface area contributed by atoms with E-state index in [0.717, 1.165) is 9.75 Å². The van der Waals surface area contributed by atoms with E-state index in [9.17, 15) is 13.2 Å². The highest BCUT2D eigenvalue weighted by molar-refractivity contribution is 7.92. The monoisotopic (exact) mass is 458 g/mol. The van der Waals surface area contributed by atoms with Crippen LogP contribution in [0.4, 0.5) is 11.4 Å². The number of aryl methyl sites for hydroxylation is 1. The van der Waals surface area contributed by atoms with Crippen LogP contribution in [0.2, 0.25) is 0 Å². The molecule has 31 heavy (non-hydrogen) atoms. The predicted molar refractivity (Wildman–Crippen MR) is 124 cm³/mol. The van der Waals surface area contributed by atoms with E-state index in [-0.39, 0.29) is 16.6 Å². The van der Waals surface area contributed by atoms with Gasteiger partial charge in [-0.15, -0.1) is 11.3 Å². The van der Waals surface area contributed by atoms with Crippen molar-refractivity contribution < 1.29 is 22.7 Å². The van der Waals surface area contributed by atoms with E-state index in [1.807, 2.05) is 19.1 Å². The van der Waals surface area contributed by atoms with Gasteiger partial charge in [-0.2, -0.15) is 0 Å². The molecule has 0 unspecified atom stereocenters. The number of hydrogen-bond donors (Lipinski definition) is 2. The fraction of sp³-hybridized carbons (Fsp3) is 0.136. The molecule has 0 fully saturated rings. The molecule has 0 saturated heterocycles. The summed E-state index contributed by atoms with van der Waals surface area (Å²) in [7, 11) is -1.06. The Kier molecular flexibility index (Phi) is 6.98. The third-order valence-corrected chi connectivity index (χ3v) is 6.59. The lowest BCUT2D eigenvalue weighted by atomic mass is 10.3. The van der Waals surface area contributed by atoms with Crippen molar-refractivity contribution in [1.29, 1.82) is 0 Å². The Balaban J connectivity index is 1.80. The van der Waals surface area contributed by atoms with E-state index in [4.69, 9.17) is 9.47 Å². The number of ether oxygens (including phenoxy) is 2. The number of benzene rings is 2. The highest BCUT2D eigenvalue weighted by Gasteiger charge is 2.21. The Morgan fingerprint density at radius 2 is 1.68 bits per heavy atom. The molecule has 0 atom stereocenters. The lowest BCUT2D eigenvalue weighted by Crippen LogP contribution is -2.15. The van der Waals surface area contributed by atoms with Crippen molar-refractivity contribution in [1.82, 2.24) is 0 Å². The van der Waals surface area contributed by atoms with Crippen molar-refractivity contribution >= 4 is 44.7 Å². The summed E-state index contributed by atoms with van der Waals surface area (Å²) in [5, 5.41) is 2.68. The number of sulfonamides is 1. The second kappa shape index (κ2) is 9.67. The quantitative estimate of drug-likeness (QED) is 0.484. The van der Waals surface area contributed by atoms with Gasteiger partial charge in [-0.05, 0) is 67.6 Å². The fourth-order valence-corrected chi connectivity index (χ4v) is 4.75. The van der Waals surface area contributed by atoms with Crippen LogP contribution in [0.25, 0.3) is 6.08 Å². The first kappa shape index (κ1) is 22.4. The third kappa shape index (κ3) is 5.87. The zero-order valence-corrected chi connectivity index (χ0v) is 18.8. The summed E-state index contributed by atoms with van der Waals surface area (Å²) < 4.78 is 38.7. The Hall–Kier alpha value is -3.30. The van der Waals surface area contributed by atoms with Gasteiger partial charge in [0.1, 0.15) is 16.4 Å². The summed E-state index contributed by atoms with van der Waals surface area (Å²) >= 11 is 1.57. The lowest BCUT2D eigenvalue weighted by Gasteiger charge is -2.13. The van der Waals surface area contributed by atoms with E-state index < -0.39 is 10.0 Å². The smallest absolute Gasteiger partial charge is 0.265 e. The first-order valence-corrected chi connectivity index (χ1v) is 11.5. The Bertz CT molecular complexity index is 1200. The Morgan fingerprint density at radius 1 is 0.968 bits per heavy atom. The van der Waals surface area contributed by atoms with Crippen molar-refractivity contribution in [3.63, 3.8) is 0 Å². The minimum absolute atomic E-state index is 0.0959. The predicted octanol–water partition coefficient (Wildman–Crippen LogP) is 4.53. The van der Waals surface area contributed by atoms with Gasteiger partial charge < -0.3 is 14.8 Å². The molecule has 2 N–H and O–H groups in total. The van der Waals surface area contributed by atoms with Gasteiger partial charge in [0.15, 0.2) is 0 Å². The molecule has 0 bridgehead atoms. The molecule has 3 rings (SSSR count). The molecule has 1 aromatic heterocycles. The van der Waals surface area contributed by atoms with Gasteiger partial charge in [0.25, 0.3) is 10.0 Å². The molecule has 0 saturated carbocycles. The fourth-order valence-electron chi connectivity index (χ4n) is 2.72. The van der Waals surface area contributed by atoms with E-state index >= 15 is 0 Å². The summed E-state index contributed by atoms with van der Waals surface area (Å²) in [5.74, 6) is 0.391. The van der Waals surface area contributed by atoms with Gasteiger partial charge >= 0.3 is 0 Å². The molecule has 0 aliphatic heterocycles. The van der Waals surface area contributed by atoms with E-state index in [1.54, 1.807) is 47.7 Å². The normalized spacial score (nSPS) is 11.3. The van der Waals surface area contributed by atoms with E-state index in [0.29, 0.717) is 17.1 Å². The molecule has 162 valence electrons. The van der Waals surface area contributed by atoms with Crippen molar-refractivity contribution in [2.75, 3.05) is 24.3 Å². The van der Waals surface area contributed by atoms with Crippen LogP contribution >= 0.6 is 11.3 Å². The van der Waals surface area contributed by atoms with Crippen molar-refractivity contribution in [2.45, 2.75) is 11.8 Å². The lowest BCUT2D eigenvalue weighted by molar-refractivity contribution is -0.111. The topological polar surface area (TPSA) is 93.7 Å². The molecule has 1 amide bonds. The summed E-state index contributed by atoms with van der Waals surface area (Å²) in [6.45, 7) is 1.99. The van der Waals surface area contributed by atoms with Gasteiger partial charge in [-0.3, -0.25) is 9.52 Å². The van der Waals surface area contributed by atoms with Gasteiger partial charge in [0.2, 0.25) is 5.91 Å². The standard InChI is InChI=1S/C22H22N2O5S2/c1-15-4-10-19(30-15)11-13-22(25)23-17-7-12-20(29-3)21(14-17)31(26,27)24-16-5-8-18(28-2)9-6-16/h4-14,24H,1-3H3,(H,23,25)/b13-11+. The van der Waals surface area contributed by atoms with Crippen LogP contribution in [0.5, 0.6) is 11.5 Å². The zero-order valence-electron chi connectivity index (χ0n) is 17.2. The van der Waals surface area contributed by atoms with Crippen molar-refractivity contribution in [2.24, 2.45) is 0 Å². The van der Waals surface area contributed by atoms with E-state index in [1.165, 1.54) is 32.4 Å². The van der Waals surface area contributed by atoms with Crippen LogP contribution in [0, 0.1) is 6.92 Å². The van der Waals surface area contributed by atoms with Crippen LogP contribution < -0.4 is 19.5 Å². The molecule has 7 nitrogen and oxygen atoms in total. The van der Waals surface area contributed by atoms with Gasteiger partial charge in [-0.1, -0.05) is 0 Å². The maximum absolute atomic E-state index is 12.9. The number of methoxy groups -OCH3 is 2. The molecule has 9 heteroatoms. The Morgan fingerprint density at radius 3 is 2.29 bits per heavy atom.